The molecule has 5 heteroatoms. The quantitative estimate of drug-likeness (QED) is 0.482. The van der Waals surface area contributed by atoms with Crippen molar-refractivity contribution in [1.82, 2.24) is 4.90 Å². The first-order valence-corrected chi connectivity index (χ1v) is 6.08. The molecule has 0 spiro atoms. The Balaban J connectivity index is 2.21. The van der Waals surface area contributed by atoms with E-state index in [1.54, 1.807) is 11.8 Å². The SMILES string of the molecule is C[C@@]12CSCCN1C[C@H](O)[C@@H](O)[C@H]2O. The maximum Gasteiger partial charge on any atom is 0.109 e. The lowest BCUT2D eigenvalue weighted by molar-refractivity contribution is -0.163. The molecule has 0 aromatic rings. The summed E-state index contributed by atoms with van der Waals surface area (Å²) in [6, 6.07) is 0. The van der Waals surface area contributed by atoms with Crippen molar-refractivity contribution in [2.75, 3.05) is 24.6 Å². The first-order chi connectivity index (χ1) is 6.55. The second kappa shape index (κ2) is 3.64. The van der Waals surface area contributed by atoms with Gasteiger partial charge < -0.3 is 15.3 Å². The van der Waals surface area contributed by atoms with Gasteiger partial charge in [-0.25, -0.2) is 0 Å². The molecule has 2 aliphatic rings. The van der Waals surface area contributed by atoms with Crippen LogP contribution in [0.2, 0.25) is 0 Å². The monoisotopic (exact) mass is 219 g/mol. The predicted molar refractivity (Wildman–Crippen MR) is 55.3 cm³/mol. The minimum atomic E-state index is -1.00. The minimum Gasteiger partial charge on any atom is -0.389 e. The van der Waals surface area contributed by atoms with Crippen LogP contribution >= 0.6 is 11.8 Å². The van der Waals surface area contributed by atoms with Gasteiger partial charge in [0.05, 0.1) is 11.6 Å². The summed E-state index contributed by atoms with van der Waals surface area (Å²) in [5.41, 5.74) is -0.373. The Labute approximate surface area is 87.9 Å². The highest BCUT2D eigenvalue weighted by molar-refractivity contribution is 7.99. The fourth-order valence-electron chi connectivity index (χ4n) is 2.28. The van der Waals surface area contributed by atoms with Gasteiger partial charge in [0.25, 0.3) is 0 Å². The fraction of sp³-hybridized carbons (Fsp3) is 1.00. The summed E-state index contributed by atoms with van der Waals surface area (Å²) in [7, 11) is 0. The van der Waals surface area contributed by atoms with Gasteiger partial charge in [-0.15, -0.1) is 0 Å². The normalized spacial score (nSPS) is 50.1. The van der Waals surface area contributed by atoms with E-state index in [0.29, 0.717) is 6.54 Å². The van der Waals surface area contributed by atoms with Crippen LogP contribution in [0.25, 0.3) is 0 Å². The molecule has 0 saturated carbocycles. The Kier molecular flexibility index (Phi) is 2.79. The second-order valence-electron chi connectivity index (χ2n) is 4.36. The number of hydrogen-bond donors (Lipinski definition) is 3. The smallest absolute Gasteiger partial charge is 0.109 e. The molecule has 14 heavy (non-hydrogen) atoms. The highest BCUT2D eigenvalue weighted by atomic mass is 32.2. The Morgan fingerprint density at radius 3 is 2.79 bits per heavy atom. The molecule has 0 aromatic carbocycles. The van der Waals surface area contributed by atoms with E-state index in [-0.39, 0.29) is 5.54 Å². The lowest BCUT2D eigenvalue weighted by Gasteiger charge is -2.53. The van der Waals surface area contributed by atoms with Crippen molar-refractivity contribution in [3.63, 3.8) is 0 Å². The van der Waals surface area contributed by atoms with Crippen LogP contribution in [0.15, 0.2) is 0 Å². The molecule has 2 heterocycles. The topological polar surface area (TPSA) is 63.9 Å². The molecule has 0 aliphatic carbocycles. The van der Waals surface area contributed by atoms with Gasteiger partial charge in [-0.1, -0.05) is 0 Å². The van der Waals surface area contributed by atoms with E-state index in [1.807, 2.05) is 6.92 Å². The van der Waals surface area contributed by atoms with Gasteiger partial charge in [0.15, 0.2) is 0 Å². The van der Waals surface area contributed by atoms with E-state index in [2.05, 4.69) is 4.90 Å². The summed E-state index contributed by atoms with van der Waals surface area (Å²) in [5, 5.41) is 29.1. The molecular formula is C9H17NO3S. The summed E-state index contributed by atoms with van der Waals surface area (Å²) in [6.07, 6.45) is -2.67. The van der Waals surface area contributed by atoms with Gasteiger partial charge in [-0.05, 0) is 6.92 Å². The van der Waals surface area contributed by atoms with Crippen LogP contribution in [-0.4, -0.2) is 68.7 Å². The Morgan fingerprint density at radius 2 is 2.07 bits per heavy atom. The van der Waals surface area contributed by atoms with Gasteiger partial charge in [0, 0.05) is 24.6 Å². The van der Waals surface area contributed by atoms with Crippen LogP contribution in [0, 0.1) is 0 Å². The number of thioether (sulfide) groups is 1. The summed E-state index contributed by atoms with van der Waals surface area (Å²) in [5.74, 6) is 1.85. The van der Waals surface area contributed by atoms with Crippen molar-refractivity contribution in [1.29, 1.82) is 0 Å². The van der Waals surface area contributed by atoms with Crippen LogP contribution in [-0.2, 0) is 0 Å². The first kappa shape index (κ1) is 10.7. The van der Waals surface area contributed by atoms with Crippen LogP contribution in [0.4, 0.5) is 0 Å². The summed E-state index contributed by atoms with van der Waals surface area (Å²) < 4.78 is 0. The maximum absolute atomic E-state index is 9.94. The van der Waals surface area contributed by atoms with Gasteiger partial charge in [0.1, 0.15) is 12.2 Å². The first-order valence-electron chi connectivity index (χ1n) is 4.93. The third-order valence-corrected chi connectivity index (χ3v) is 4.64. The molecule has 2 fully saturated rings. The molecule has 3 N–H and O–H groups in total. The number of β-amino-alcohol motifs (C(OH)–C–C–N with tert-alkyl or cyclic N) is 1. The molecule has 2 saturated heterocycles. The van der Waals surface area contributed by atoms with Crippen molar-refractivity contribution in [3.05, 3.63) is 0 Å². The number of fused-ring (bicyclic) bond motifs is 1. The van der Waals surface area contributed by atoms with E-state index < -0.39 is 18.3 Å². The van der Waals surface area contributed by atoms with Crippen molar-refractivity contribution < 1.29 is 15.3 Å². The van der Waals surface area contributed by atoms with Crippen LogP contribution in [0.3, 0.4) is 0 Å². The van der Waals surface area contributed by atoms with Crippen molar-refractivity contribution in [3.8, 4) is 0 Å². The standard InChI is InChI=1S/C9H17NO3S/c1-9-5-14-3-2-10(9)4-6(11)7(12)8(9)13/h6-8,11-13H,2-5H2,1H3/t6-,7+,8+,9-/m0/s1. The van der Waals surface area contributed by atoms with Gasteiger partial charge in [-0.2, -0.15) is 11.8 Å². The highest BCUT2D eigenvalue weighted by Crippen LogP contribution is 2.35. The summed E-state index contributed by atoms with van der Waals surface area (Å²) in [6.45, 7) is 3.30. The molecular weight excluding hydrogens is 202 g/mol. The molecule has 4 nitrogen and oxygen atoms in total. The molecule has 0 unspecified atom stereocenters. The molecule has 0 amide bonds. The lowest BCUT2D eigenvalue weighted by Crippen LogP contribution is -2.70. The zero-order valence-corrected chi connectivity index (χ0v) is 9.07. The number of aliphatic hydroxyl groups excluding tert-OH is 3. The number of nitrogens with zero attached hydrogens (tertiary/aromatic N) is 1. The van der Waals surface area contributed by atoms with E-state index >= 15 is 0 Å². The molecule has 0 aromatic heterocycles. The zero-order valence-electron chi connectivity index (χ0n) is 8.26. The van der Waals surface area contributed by atoms with Crippen molar-refractivity contribution >= 4 is 11.8 Å². The lowest BCUT2D eigenvalue weighted by atomic mass is 9.83. The van der Waals surface area contributed by atoms with E-state index in [0.717, 1.165) is 18.1 Å². The average molecular weight is 219 g/mol. The van der Waals surface area contributed by atoms with Gasteiger partial charge in [-0.3, -0.25) is 4.90 Å². The fourth-order valence-corrected chi connectivity index (χ4v) is 3.55. The Bertz CT molecular complexity index is 224. The van der Waals surface area contributed by atoms with E-state index in [9.17, 15) is 15.3 Å². The largest absolute Gasteiger partial charge is 0.389 e. The summed E-state index contributed by atoms with van der Waals surface area (Å²) >= 11 is 1.79. The Morgan fingerprint density at radius 1 is 1.36 bits per heavy atom. The molecule has 2 aliphatic heterocycles. The van der Waals surface area contributed by atoms with Gasteiger partial charge in [0.2, 0.25) is 0 Å². The van der Waals surface area contributed by atoms with Gasteiger partial charge >= 0.3 is 0 Å². The molecule has 2 rings (SSSR count). The third kappa shape index (κ3) is 1.47. The van der Waals surface area contributed by atoms with Crippen LogP contribution in [0.5, 0.6) is 0 Å². The number of aliphatic hydroxyl groups is 3. The zero-order chi connectivity index (χ0) is 10.3. The highest BCUT2D eigenvalue weighted by Gasteiger charge is 2.50. The third-order valence-electron chi connectivity index (χ3n) is 3.38. The van der Waals surface area contributed by atoms with E-state index in [1.165, 1.54) is 0 Å². The van der Waals surface area contributed by atoms with Crippen molar-refractivity contribution in [2.24, 2.45) is 0 Å². The number of piperidine rings is 1. The molecule has 4 atom stereocenters. The van der Waals surface area contributed by atoms with Crippen LogP contribution in [0.1, 0.15) is 6.92 Å². The van der Waals surface area contributed by atoms with Crippen LogP contribution < -0.4 is 0 Å². The Hall–Kier alpha value is 0.190. The number of rotatable bonds is 0. The molecule has 82 valence electrons. The van der Waals surface area contributed by atoms with E-state index in [4.69, 9.17) is 0 Å². The van der Waals surface area contributed by atoms with Crippen molar-refractivity contribution in [2.45, 2.75) is 30.8 Å². The second-order valence-corrected chi connectivity index (χ2v) is 5.46. The minimum absolute atomic E-state index is 0.373. The maximum atomic E-state index is 9.94. The molecule has 0 bridgehead atoms. The predicted octanol–water partition coefficient (Wildman–Crippen LogP) is -1.11. The average Bonchev–Trinajstić information content (AvgIpc) is 2.17. The molecule has 0 radical (unpaired) electrons. The summed E-state index contributed by atoms with van der Waals surface area (Å²) in [4.78, 5) is 2.09. The number of hydrogen-bond acceptors (Lipinski definition) is 5.